The number of carbonyl (C=O) groups excluding carboxylic acids is 1. The first-order valence-electron chi connectivity index (χ1n) is 8.96. The standard InChI is InChI=1S/C19H16N6O4/c1-11-22-23-18-19(27)24(13-3-2-6-20-17(13)25(11)18)9-16(26)21-8-12-4-5-14-15(7-12)29-10-28-14/h2-7H,8-10H2,1H3,(H,21,26). The minimum Gasteiger partial charge on any atom is -0.454 e. The van der Waals surface area contributed by atoms with Crippen molar-refractivity contribution in [3.63, 3.8) is 0 Å². The highest BCUT2D eigenvalue weighted by Gasteiger charge is 2.18. The quantitative estimate of drug-likeness (QED) is 0.546. The molecule has 0 unspecified atom stereocenters. The fourth-order valence-electron chi connectivity index (χ4n) is 3.36. The zero-order chi connectivity index (χ0) is 20.0. The molecule has 0 atom stereocenters. The Morgan fingerprint density at radius 3 is 2.93 bits per heavy atom. The molecule has 0 saturated heterocycles. The molecule has 0 aliphatic carbocycles. The highest BCUT2D eigenvalue weighted by molar-refractivity contribution is 5.80. The maximum atomic E-state index is 12.9. The summed E-state index contributed by atoms with van der Waals surface area (Å²) in [6.45, 7) is 2.08. The summed E-state index contributed by atoms with van der Waals surface area (Å²) in [5, 5.41) is 10.7. The maximum Gasteiger partial charge on any atom is 0.297 e. The third kappa shape index (κ3) is 2.85. The van der Waals surface area contributed by atoms with Gasteiger partial charge < -0.3 is 14.8 Å². The van der Waals surface area contributed by atoms with Crippen LogP contribution in [-0.4, -0.2) is 36.8 Å². The van der Waals surface area contributed by atoms with Crippen molar-refractivity contribution in [2.45, 2.75) is 20.0 Å². The molecule has 0 spiro atoms. The number of hydrogen-bond acceptors (Lipinski definition) is 7. The minimum absolute atomic E-state index is 0.136. The van der Waals surface area contributed by atoms with Gasteiger partial charge in [0.1, 0.15) is 12.4 Å². The first-order chi connectivity index (χ1) is 14.1. The largest absolute Gasteiger partial charge is 0.454 e. The highest BCUT2D eigenvalue weighted by Crippen LogP contribution is 2.32. The molecule has 3 aromatic heterocycles. The number of nitrogens with zero attached hydrogens (tertiary/aromatic N) is 5. The second-order valence-electron chi connectivity index (χ2n) is 6.61. The molecule has 0 bridgehead atoms. The molecular weight excluding hydrogens is 376 g/mol. The number of nitrogens with one attached hydrogen (secondary N) is 1. The van der Waals surface area contributed by atoms with Crippen LogP contribution in [0.1, 0.15) is 11.4 Å². The van der Waals surface area contributed by atoms with E-state index in [-0.39, 0.29) is 24.9 Å². The second-order valence-corrected chi connectivity index (χ2v) is 6.61. The Morgan fingerprint density at radius 1 is 1.17 bits per heavy atom. The average Bonchev–Trinajstić information content (AvgIpc) is 3.36. The molecule has 29 heavy (non-hydrogen) atoms. The molecule has 5 rings (SSSR count). The number of pyridine rings is 1. The predicted octanol–water partition coefficient (Wildman–Crippen LogP) is 0.793. The van der Waals surface area contributed by atoms with E-state index in [1.165, 1.54) is 4.57 Å². The molecule has 1 N–H and O–H groups in total. The van der Waals surface area contributed by atoms with Gasteiger partial charge in [0.15, 0.2) is 17.1 Å². The van der Waals surface area contributed by atoms with Crippen LogP contribution in [0.3, 0.4) is 0 Å². The van der Waals surface area contributed by atoms with E-state index in [2.05, 4.69) is 20.5 Å². The first-order valence-corrected chi connectivity index (χ1v) is 8.96. The molecule has 1 aromatic carbocycles. The van der Waals surface area contributed by atoms with Gasteiger partial charge in [0.05, 0.1) is 5.52 Å². The molecule has 1 amide bonds. The minimum atomic E-state index is -0.399. The highest BCUT2D eigenvalue weighted by atomic mass is 16.7. The summed E-state index contributed by atoms with van der Waals surface area (Å²) in [5.41, 5.74) is 1.66. The zero-order valence-electron chi connectivity index (χ0n) is 15.5. The number of aryl methyl sites for hydroxylation is 1. The number of fused-ring (bicyclic) bond motifs is 4. The summed E-state index contributed by atoms with van der Waals surface area (Å²) in [7, 11) is 0. The van der Waals surface area contributed by atoms with Crippen molar-refractivity contribution < 1.29 is 14.3 Å². The van der Waals surface area contributed by atoms with Crippen LogP contribution < -0.4 is 20.3 Å². The topological polar surface area (TPSA) is 113 Å². The van der Waals surface area contributed by atoms with Gasteiger partial charge in [0.2, 0.25) is 18.3 Å². The number of aromatic nitrogens is 5. The lowest BCUT2D eigenvalue weighted by Crippen LogP contribution is -2.33. The normalized spacial score (nSPS) is 12.6. The predicted molar refractivity (Wildman–Crippen MR) is 102 cm³/mol. The number of hydrogen-bond donors (Lipinski definition) is 1. The fourth-order valence-corrected chi connectivity index (χ4v) is 3.36. The van der Waals surface area contributed by atoms with Gasteiger partial charge in [-0.2, -0.15) is 0 Å². The zero-order valence-corrected chi connectivity index (χ0v) is 15.5. The van der Waals surface area contributed by atoms with Gasteiger partial charge in [0.25, 0.3) is 5.56 Å². The van der Waals surface area contributed by atoms with Crippen LogP contribution in [-0.2, 0) is 17.9 Å². The summed E-state index contributed by atoms with van der Waals surface area (Å²) < 4.78 is 13.6. The Balaban J connectivity index is 1.43. The third-order valence-electron chi connectivity index (χ3n) is 4.76. The van der Waals surface area contributed by atoms with Crippen LogP contribution in [0.5, 0.6) is 11.5 Å². The Hall–Kier alpha value is -3.95. The van der Waals surface area contributed by atoms with E-state index in [4.69, 9.17) is 9.47 Å². The van der Waals surface area contributed by atoms with Crippen LogP contribution in [0.2, 0.25) is 0 Å². The van der Waals surface area contributed by atoms with Gasteiger partial charge in [-0.05, 0) is 36.8 Å². The molecule has 10 nitrogen and oxygen atoms in total. The monoisotopic (exact) mass is 392 g/mol. The smallest absolute Gasteiger partial charge is 0.297 e. The molecule has 0 fully saturated rings. The van der Waals surface area contributed by atoms with E-state index in [1.807, 2.05) is 12.1 Å². The third-order valence-corrected chi connectivity index (χ3v) is 4.76. The number of rotatable bonds is 4. The van der Waals surface area contributed by atoms with E-state index >= 15 is 0 Å². The van der Waals surface area contributed by atoms with Gasteiger partial charge in [-0.3, -0.25) is 18.6 Å². The van der Waals surface area contributed by atoms with Crippen LogP contribution >= 0.6 is 0 Å². The lowest BCUT2D eigenvalue weighted by Gasteiger charge is -2.12. The lowest BCUT2D eigenvalue weighted by atomic mass is 10.2. The molecule has 4 aromatic rings. The molecule has 10 heteroatoms. The second kappa shape index (κ2) is 6.59. The summed E-state index contributed by atoms with van der Waals surface area (Å²) >= 11 is 0. The molecular formula is C19H16N6O4. The Kier molecular flexibility index (Phi) is 3.90. The van der Waals surface area contributed by atoms with Gasteiger partial charge >= 0.3 is 0 Å². The van der Waals surface area contributed by atoms with Crippen molar-refractivity contribution in [2.24, 2.45) is 0 Å². The van der Waals surface area contributed by atoms with Crippen LogP contribution in [0.4, 0.5) is 0 Å². The summed E-state index contributed by atoms with van der Waals surface area (Å²) in [6.07, 6.45) is 1.62. The number of amides is 1. The Bertz CT molecular complexity index is 1330. The Morgan fingerprint density at radius 2 is 2.03 bits per heavy atom. The SMILES string of the molecule is Cc1nnc2c(=O)n(CC(=O)NCc3ccc4c(c3)OCO4)c3cccnc3n12. The van der Waals surface area contributed by atoms with Crippen LogP contribution in [0, 0.1) is 6.92 Å². The molecule has 0 radical (unpaired) electrons. The average molecular weight is 392 g/mol. The lowest BCUT2D eigenvalue weighted by molar-refractivity contribution is -0.121. The van der Waals surface area contributed by atoms with E-state index in [9.17, 15) is 9.59 Å². The van der Waals surface area contributed by atoms with Crippen LogP contribution in [0.25, 0.3) is 16.8 Å². The van der Waals surface area contributed by atoms with Crippen LogP contribution in [0.15, 0.2) is 41.3 Å². The van der Waals surface area contributed by atoms with Gasteiger partial charge in [-0.1, -0.05) is 6.07 Å². The maximum absolute atomic E-state index is 12.9. The summed E-state index contributed by atoms with van der Waals surface area (Å²) in [5.74, 6) is 1.58. The molecule has 1 aliphatic heterocycles. The Labute approximate surface area is 163 Å². The van der Waals surface area contributed by atoms with Crippen molar-refractivity contribution in [1.29, 1.82) is 0 Å². The number of benzene rings is 1. The van der Waals surface area contributed by atoms with Crippen molar-refractivity contribution in [3.05, 3.63) is 58.3 Å². The van der Waals surface area contributed by atoms with Crippen molar-refractivity contribution in [1.82, 2.24) is 29.5 Å². The van der Waals surface area contributed by atoms with Gasteiger partial charge in [-0.25, -0.2) is 4.98 Å². The molecule has 0 saturated carbocycles. The number of ether oxygens (including phenoxy) is 2. The van der Waals surface area contributed by atoms with E-state index in [0.29, 0.717) is 35.0 Å². The van der Waals surface area contributed by atoms with Crippen molar-refractivity contribution in [2.75, 3.05) is 6.79 Å². The number of carbonyl (C=O) groups is 1. The van der Waals surface area contributed by atoms with E-state index in [0.717, 1.165) is 5.56 Å². The van der Waals surface area contributed by atoms with Gasteiger partial charge in [0, 0.05) is 12.7 Å². The van der Waals surface area contributed by atoms with Gasteiger partial charge in [-0.15, -0.1) is 10.2 Å². The van der Waals surface area contributed by atoms with E-state index < -0.39 is 5.56 Å². The molecule has 146 valence electrons. The van der Waals surface area contributed by atoms with Crippen molar-refractivity contribution >= 4 is 22.7 Å². The molecule has 1 aliphatic rings. The van der Waals surface area contributed by atoms with Crippen molar-refractivity contribution in [3.8, 4) is 11.5 Å². The fraction of sp³-hybridized carbons (Fsp3) is 0.211. The molecule has 4 heterocycles. The summed E-state index contributed by atoms with van der Waals surface area (Å²) in [6, 6.07) is 8.93. The van der Waals surface area contributed by atoms with E-state index in [1.54, 1.807) is 35.7 Å². The summed E-state index contributed by atoms with van der Waals surface area (Å²) in [4.78, 5) is 29.8. The first kappa shape index (κ1) is 17.2.